The van der Waals surface area contributed by atoms with Gasteiger partial charge in [0, 0.05) is 10.5 Å². The van der Waals surface area contributed by atoms with Gasteiger partial charge in [-0.1, -0.05) is 41.9 Å². The summed E-state index contributed by atoms with van der Waals surface area (Å²) in [6.45, 7) is 3.99. The first-order valence-corrected chi connectivity index (χ1v) is 7.00. The molecule has 0 aliphatic carbocycles. The summed E-state index contributed by atoms with van der Waals surface area (Å²) in [7, 11) is 1.89. The number of aliphatic carboxylic acids is 1. The standard InChI is InChI=1S/C14H20BrNO2/c1-4-12(10-6-8-11(15)9-7-10)16(3)13(5-2)14(17)18/h6-9,12-13H,4-5H2,1-3H3,(H,17,18). The summed E-state index contributed by atoms with van der Waals surface area (Å²) in [4.78, 5) is 13.2. The molecular weight excluding hydrogens is 294 g/mol. The van der Waals surface area contributed by atoms with E-state index in [-0.39, 0.29) is 6.04 Å². The third kappa shape index (κ3) is 3.56. The molecule has 18 heavy (non-hydrogen) atoms. The van der Waals surface area contributed by atoms with Gasteiger partial charge in [-0.15, -0.1) is 0 Å². The Kier molecular flexibility index (Phi) is 5.82. The van der Waals surface area contributed by atoms with Crippen molar-refractivity contribution in [3.63, 3.8) is 0 Å². The minimum atomic E-state index is -0.754. The summed E-state index contributed by atoms with van der Waals surface area (Å²) in [5.41, 5.74) is 1.16. The van der Waals surface area contributed by atoms with Crippen molar-refractivity contribution in [2.24, 2.45) is 0 Å². The fraction of sp³-hybridized carbons (Fsp3) is 0.500. The maximum Gasteiger partial charge on any atom is 0.320 e. The van der Waals surface area contributed by atoms with Crippen LogP contribution in [0.3, 0.4) is 0 Å². The van der Waals surface area contributed by atoms with Crippen LogP contribution in [0.5, 0.6) is 0 Å². The Labute approximate surface area is 117 Å². The van der Waals surface area contributed by atoms with Gasteiger partial charge in [0.15, 0.2) is 0 Å². The molecule has 0 fully saturated rings. The lowest BCUT2D eigenvalue weighted by Gasteiger charge is -2.32. The summed E-state index contributed by atoms with van der Waals surface area (Å²) in [5, 5.41) is 9.23. The normalized spacial score (nSPS) is 14.5. The highest BCUT2D eigenvalue weighted by atomic mass is 79.9. The highest BCUT2D eigenvalue weighted by Gasteiger charge is 2.26. The van der Waals surface area contributed by atoms with E-state index < -0.39 is 12.0 Å². The van der Waals surface area contributed by atoms with Gasteiger partial charge in [-0.05, 0) is 37.6 Å². The van der Waals surface area contributed by atoms with E-state index >= 15 is 0 Å². The third-order valence-corrected chi connectivity index (χ3v) is 3.83. The van der Waals surface area contributed by atoms with E-state index in [2.05, 4.69) is 22.9 Å². The number of hydrogen-bond acceptors (Lipinski definition) is 2. The predicted molar refractivity (Wildman–Crippen MR) is 76.7 cm³/mol. The van der Waals surface area contributed by atoms with Crippen LogP contribution in [0.25, 0.3) is 0 Å². The molecule has 3 nitrogen and oxygen atoms in total. The van der Waals surface area contributed by atoms with E-state index in [1.807, 2.05) is 43.1 Å². The number of halogens is 1. The van der Waals surface area contributed by atoms with Crippen LogP contribution in [0.4, 0.5) is 0 Å². The smallest absolute Gasteiger partial charge is 0.320 e. The van der Waals surface area contributed by atoms with Gasteiger partial charge in [0.2, 0.25) is 0 Å². The molecule has 1 aromatic carbocycles. The summed E-state index contributed by atoms with van der Waals surface area (Å²) in [5.74, 6) is -0.754. The lowest BCUT2D eigenvalue weighted by molar-refractivity contribution is -0.143. The van der Waals surface area contributed by atoms with Gasteiger partial charge in [0.25, 0.3) is 0 Å². The van der Waals surface area contributed by atoms with Crippen molar-refractivity contribution in [2.75, 3.05) is 7.05 Å². The predicted octanol–water partition coefficient (Wildman–Crippen LogP) is 3.70. The summed E-state index contributed by atoms with van der Waals surface area (Å²) >= 11 is 3.41. The number of benzene rings is 1. The molecule has 0 radical (unpaired) electrons. The average molecular weight is 314 g/mol. The number of likely N-dealkylation sites (N-methyl/N-ethyl adjacent to an activating group) is 1. The molecule has 0 saturated heterocycles. The molecule has 1 N–H and O–H groups in total. The molecule has 2 unspecified atom stereocenters. The van der Waals surface area contributed by atoms with Crippen molar-refractivity contribution in [1.29, 1.82) is 0 Å². The molecule has 0 amide bonds. The fourth-order valence-corrected chi connectivity index (χ4v) is 2.56. The lowest BCUT2D eigenvalue weighted by Crippen LogP contribution is -2.40. The summed E-state index contributed by atoms with van der Waals surface area (Å²) in [6, 6.07) is 7.78. The van der Waals surface area contributed by atoms with Gasteiger partial charge in [-0.2, -0.15) is 0 Å². The van der Waals surface area contributed by atoms with E-state index in [0.717, 1.165) is 16.5 Å². The van der Waals surface area contributed by atoms with E-state index in [4.69, 9.17) is 0 Å². The molecule has 4 heteroatoms. The molecule has 100 valence electrons. The Morgan fingerprint density at radius 3 is 2.22 bits per heavy atom. The third-order valence-electron chi connectivity index (χ3n) is 3.30. The number of carbonyl (C=O) groups is 1. The zero-order chi connectivity index (χ0) is 13.7. The molecule has 0 spiro atoms. The van der Waals surface area contributed by atoms with Crippen LogP contribution in [0.15, 0.2) is 28.7 Å². The van der Waals surface area contributed by atoms with Crippen LogP contribution in [-0.4, -0.2) is 29.1 Å². The van der Waals surface area contributed by atoms with E-state index in [0.29, 0.717) is 6.42 Å². The molecular formula is C14H20BrNO2. The van der Waals surface area contributed by atoms with Crippen molar-refractivity contribution in [1.82, 2.24) is 4.90 Å². The minimum Gasteiger partial charge on any atom is -0.480 e. The van der Waals surface area contributed by atoms with Gasteiger partial charge in [0.05, 0.1) is 0 Å². The Morgan fingerprint density at radius 1 is 1.28 bits per heavy atom. The largest absolute Gasteiger partial charge is 0.480 e. The SMILES string of the molecule is CCC(C(=O)O)N(C)C(CC)c1ccc(Br)cc1. The quantitative estimate of drug-likeness (QED) is 0.870. The van der Waals surface area contributed by atoms with E-state index in [9.17, 15) is 9.90 Å². The second-order valence-electron chi connectivity index (χ2n) is 4.40. The number of rotatable bonds is 6. The average Bonchev–Trinajstić information content (AvgIpc) is 2.33. The molecule has 0 heterocycles. The number of carboxylic acid groups (broad SMARTS) is 1. The highest BCUT2D eigenvalue weighted by molar-refractivity contribution is 9.10. The minimum absolute atomic E-state index is 0.138. The van der Waals surface area contributed by atoms with Crippen LogP contribution in [-0.2, 0) is 4.79 Å². The number of carboxylic acids is 1. The van der Waals surface area contributed by atoms with Crippen LogP contribution in [0.1, 0.15) is 38.3 Å². The van der Waals surface area contributed by atoms with Crippen LogP contribution >= 0.6 is 15.9 Å². The fourth-order valence-electron chi connectivity index (χ4n) is 2.30. The van der Waals surface area contributed by atoms with Crippen LogP contribution < -0.4 is 0 Å². The molecule has 0 saturated carbocycles. The molecule has 0 aliphatic heterocycles. The zero-order valence-corrected chi connectivity index (χ0v) is 12.6. The van der Waals surface area contributed by atoms with Crippen LogP contribution in [0, 0.1) is 0 Å². The second-order valence-corrected chi connectivity index (χ2v) is 5.32. The first-order valence-electron chi connectivity index (χ1n) is 6.21. The van der Waals surface area contributed by atoms with Gasteiger partial charge >= 0.3 is 5.97 Å². The van der Waals surface area contributed by atoms with Crippen molar-refractivity contribution in [2.45, 2.75) is 38.8 Å². The van der Waals surface area contributed by atoms with Crippen molar-refractivity contribution >= 4 is 21.9 Å². The van der Waals surface area contributed by atoms with Crippen LogP contribution in [0.2, 0.25) is 0 Å². The van der Waals surface area contributed by atoms with E-state index in [1.165, 1.54) is 0 Å². The van der Waals surface area contributed by atoms with Crippen molar-refractivity contribution in [3.8, 4) is 0 Å². The maximum absolute atomic E-state index is 11.2. The Bertz CT molecular complexity index is 391. The maximum atomic E-state index is 11.2. The van der Waals surface area contributed by atoms with Gasteiger partial charge in [-0.25, -0.2) is 0 Å². The lowest BCUT2D eigenvalue weighted by atomic mass is 10.0. The summed E-state index contributed by atoms with van der Waals surface area (Å²) in [6.07, 6.45) is 1.50. The number of hydrogen-bond donors (Lipinski definition) is 1. The highest BCUT2D eigenvalue weighted by Crippen LogP contribution is 2.26. The Morgan fingerprint density at radius 2 is 1.83 bits per heavy atom. The second kappa shape index (κ2) is 6.90. The first kappa shape index (κ1) is 15.2. The molecule has 0 bridgehead atoms. The summed E-state index contributed by atoms with van der Waals surface area (Å²) < 4.78 is 1.04. The van der Waals surface area contributed by atoms with Gasteiger partial charge in [0.1, 0.15) is 6.04 Å². The molecule has 0 aliphatic rings. The topological polar surface area (TPSA) is 40.5 Å². The zero-order valence-electron chi connectivity index (χ0n) is 11.1. The molecule has 2 atom stereocenters. The molecule has 1 aromatic rings. The van der Waals surface area contributed by atoms with Gasteiger partial charge in [-0.3, -0.25) is 9.69 Å². The van der Waals surface area contributed by atoms with E-state index in [1.54, 1.807) is 0 Å². The van der Waals surface area contributed by atoms with Crippen molar-refractivity contribution < 1.29 is 9.90 Å². The van der Waals surface area contributed by atoms with Crippen molar-refractivity contribution in [3.05, 3.63) is 34.3 Å². The molecule has 0 aromatic heterocycles. The number of nitrogens with zero attached hydrogens (tertiary/aromatic N) is 1. The molecule has 1 rings (SSSR count). The Balaban J connectivity index is 2.95. The van der Waals surface area contributed by atoms with Gasteiger partial charge < -0.3 is 5.11 Å². The Hall–Kier alpha value is -0.870. The monoisotopic (exact) mass is 313 g/mol. The first-order chi connectivity index (χ1) is 8.51.